The zero-order chi connectivity index (χ0) is 26.1. The van der Waals surface area contributed by atoms with Crippen LogP contribution in [0.5, 0.6) is 0 Å². The van der Waals surface area contributed by atoms with Crippen LogP contribution in [0.15, 0.2) is 18.2 Å². The van der Waals surface area contributed by atoms with Crippen LogP contribution in [0.2, 0.25) is 0 Å². The average molecular weight is 517 g/mol. The summed E-state index contributed by atoms with van der Waals surface area (Å²) in [5, 5.41) is 12.4. The number of hydrogen-bond acceptors (Lipinski definition) is 9. The largest absolute Gasteiger partial charge is 0.466 e. The van der Waals surface area contributed by atoms with Gasteiger partial charge in [-0.15, -0.1) is 10.2 Å². The molecule has 1 fully saturated rings. The number of benzene rings is 1. The smallest absolute Gasteiger partial charge is 0.369 e. The van der Waals surface area contributed by atoms with Crippen molar-refractivity contribution in [2.24, 2.45) is 5.92 Å². The highest BCUT2D eigenvalue weighted by atomic mass is 32.1. The first kappa shape index (κ1) is 27.9. The maximum absolute atomic E-state index is 12.1. The molecule has 0 radical (unpaired) electrons. The highest BCUT2D eigenvalue weighted by Crippen LogP contribution is 2.37. The van der Waals surface area contributed by atoms with E-state index in [1.165, 1.54) is 43.4 Å². The van der Waals surface area contributed by atoms with Gasteiger partial charge in [0.15, 0.2) is 0 Å². The Labute approximate surface area is 218 Å². The number of carbonyl (C=O) groups is 2. The van der Waals surface area contributed by atoms with E-state index in [1.807, 2.05) is 13.8 Å². The van der Waals surface area contributed by atoms with Gasteiger partial charge in [0.25, 0.3) is 0 Å². The van der Waals surface area contributed by atoms with Gasteiger partial charge in [0.05, 0.1) is 31.0 Å². The van der Waals surface area contributed by atoms with Gasteiger partial charge in [-0.25, -0.2) is 4.79 Å². The summed E-state index contributed by atoms with van der Waals surface area (Å²) in [6.07, 6.45) is 6.46. The molecule has 1 aliphatic rings. The molecule has 1 N–H and O–H groups in total. The lowest BCUT2D eigenvalue weighted by molar-refractivity contribution is -0.143. The van der Waals surface area contributed by atoms with E-state index < -0.39 is 5.97 Å². The van der Waals surface area contributed by atoms with Crippen molar-refractivity contribution in [2.45, 2.75) is 85.1 Å². The van der Waals surface area contributed by atoms with Gasteiger partial charge in [-0.3, -0.25) is 4.79 Å². The molecule has 9 heteroatoms. The SMILES string of the molecule is CCOC(=O)CC(C)c1ccc(N(CC(C)C)C2CCCCC2)c(Nc2nnc(C(=O)OCC)s2)c1. The fourth-order valence-corrected chi connectivity index (χ4v) is 5.34. The Morgan fingerprint density at radius 1 is 1.08 bits per heavy atom. The molecular weight excluding hydrogens is 476 g/mol. The minimum atomic E-state index is -0.469. The molecule has 0 aliphatic heterocycles. The molecule has 36 heavy (non-hydrogen) atoms. The molecule has 1 unspecified atom stereocenters. The number of nitrogens with one attached hydrogen (secondary N) is 1. The lowest BCUT2D eigenvalue weighted by Crippen LogP contribution is -2.39. The van der Waals surface area contributed by atoms with Crippen molar-refractivity contribution in [3.63, 3.8) is 0 Å². The zero-order valence-electron chi connectivity index (χ0n) is 22.2. The lowest BCUT2D eigenvalue weighted by atomic mass is 9.92. The summed E-state index contributed by atoms with van der Waals surface area (Å²) in [7, 11) is 0. The first-order valence-electron chi connectivity index (χ1n) is 13.2. The van der Waals surface area contributed by atoms with Crippen LogP contribution < -0.4 is 10.2 Å². The summed E-state index contributed by atoms with van der Waals surface area (Å²) in [6.45, 7) is 11.7. The van der Waals surface area contributed by atoms with Gasteiger partial charge in [0.1, 0.15) is 0 Å². The van der Waals surface area contributed by atoms with Crippen molar-refractivity contribution in [3.8, 4) is 0 Å². The van der Waals surface area contributed by atoms with Crippen LogP contribution in [0.1, 0.15) is 94.4 Å². The van der Waals surface area contributed by atoms with Gasteiger partial charge in [-0.05, 0) is 56.2 Å². The lowest BCUT2D eigenvalue weighted by Gasteiger charge is -2.38. The van der Waals surface area contributed by atoms with E-state index >= 15 is 0 Å². The van der Waals surface area contributed by atoms with Crippen molar-refractivity contribution in [1.29, 1.82) is 0 Å². The maximum Gasteiger partial charge on any atom is 0.369 e. The van der Waals surface area contributed by atoms with E-state index in [0.29, 0.717) is 30.1 Å². The van der Waals surface area contributed by atoms with Crippen LogP contribution in [0.25, 0.3) is 0 Å². The van der Waals surface area contributed by atoms with Crippen molar-refractivity contribution in [2.75, 3.05) is 30.0 Å². The first-order valence-corrected chi connectivity index (χ1v) is 14.0. The van der Waals surface area contributed by atoms with Gasteiger partial charge >= 0.3 is 11.9 Å². The summed E-state index contributed by atoms with van der Waals surface area (Å²) in [5.41, 5.74) is 3.05. The molecule has 0 saturated heterocycles. The molecular formula is C27H40N4O4S. The first-order chi connectivity index (χ1) is 17.3. The topological polar surface area (TPSA) is 93.6 Å². The molecule has 0 amide bonds. The summed E-state index contributed by atoms with van der Waals surface area (Å²) in [6, 6.07) is 6.85. The second-order valence-corrected chi connectivity index (χ2v) is 10.8. The molecule has 1 heterocycles. The zero-order valence-corrected chi connectivity index (χ0v) is 23.0. The minimum absolute atomic E-state index is 0.00334. The standard InChI is InChI=1S/C27H40N4O4S/c1-6-34-24(32)15-19(5)20-13-14-23(31(17-18(3)4)21-11-9-8-10-12-21)22(16-20)28-27-30-29-25(36-27)26(33)35-7-2/h13-14,16,18-19,21H,6-12,15,17H2,1-5H3,(H,28,30). The number of hydrogen-bond donors (Lipinski definition) is 1. The Bertz CT molecular complexity index is 1000. The summed E-state index contributed by atoms with van der Waals surface area (Å²) >= 11 is 1.18. The van der Waals surface area contributed by atoms with Crippen molar-refractivity contribution >= 4 is 39.8 Å². The van der Waals surface area contributed by atoms with Gasteiger partial charge in [0.2, 0.25) is 10.1 Å². The highest BCUT2D eigenvalue weighted by molar-refractivity contribution is 7.17. The molecule has 1 aromatic heterocycles. The van der Waals surface area contributed by atoms with Crippen LogP contribution in [-0.4, -0.2) is 47.9 Å². The number of ether oxygens (including phenoxy) is 2. The Balaban J connectivity index is 1.96. The molecule has 1 saturated carbocycles. The number of aromatic nitrogens is 2. The maximum atomic E-state index is 12.1. The molecule has 1 atom stereocenters. The fraction of sp³-hybridized carbons (Fsp3) is 0.630. The van der Waals surface area contributed by atoms with Crippen LogP contribution in [0.4, 0.5) is 16.5 Å². The highest BCUT2D eigenvalue weighted by Gasteiger charge is 2.26. The monoisotopic (exact) mass is 516 g/mol. The van der Waals surface area contributed by atoms with E-state index in [0.717, 1.165) is 23.5 Å². The molecule has 8 nitrogen and oxygen atoms in total. The van der Waals surface area contributed by atoms with Crippen LogP contribution in [0.3, 0.4) is 0 Å². The van der Waals surface area contributed by atoms with E-state index in [1.54, 1.807) is 6.92 Å². The predicted molar refractivity (Wildman–Crippen MR) is 144 cm³/mol. The van der Waals surface area contributed by atoms with Crippen molar-refractivity contribution in [1.82, 2.24) is 10.2 Å². The van der Waals surface area contributed by atoms with Crippen LogP contribution >= 0.6 is 11.3 Å². The number of rotatable bonds is 12. The molecule has 0 spiro atoms. The quantitative estimate of drug-likeness (QED) is 0.328. The summed E-state index contributed by atoms with van der Waals surface area (Å²) in [5.74, 6) is -0.172. The van der Waals surface area contributed by atoms with E-state index in [2.05, 4.69) is 52.5 Å². The second-order valence-electron chi connectivity index (χ2n) is 9.78. The molecule has 0 bridgehead atoms. The van der Waals surface area contributed by atoms with Crippen molar-refractivity contribution < 1.29 is 19.1 Å². The third-order valence-electron chi connectivity index (χ3n) is 6.37. The Hall–Kier alpha value is -2.68. The number of esters is 2. The minimum Gasteiger partial charge on any atom is -0.466 e. The third kappa shape index (κ3) is 7.66. The van der Waals surface area contributed by atoms with Gasteiger partial charge in [-0.2, -0.15) is 0 Å². The number of nitrogens with zero attached hydrogens (tertiary/aromatic N) is 3. The predicted octanol–water partition coefficient (Wildman–Crippen LogP) is 6.31. The van der Waals surface area contributed by atoms with Gasteiger partial charge < -0.3 is 19.7 Å². The van der Waals surface area contributed by atoms with Crippen LogP contribution in [-0.2, 0) is 14.3 Å². The Morgan fingerprint density at radius 3 is 2.47 bits per heavy atom. The molecule has 2 aromatic rings. The van der Waals surface area contributed by atoms with Crippen molar-refractivity contribution in [3.05, 3.63) is 28.8 Å². The molecule has 198 valence electrons. The summed E-state index contributed by atoms with van der Waals surface area (Å²) < 4.78 is 10.2. The van der Waals surface area contributed by atoms with Gasteiger partial charge in [-0.1, -0.05) is 57.4 Å². The normalized spacial score (nSPS) is 14.9. The molecule has 1 aromatic carbocycles. The van der Waals surface area contributed by atoms with Gasteiger partial charge in [0, 0.05) is 12.6 Å². The fourth-order valence-electron chi connectivity index (χ4n) is 4.69. The van der Waals surface area contributed by atoms with E-state index in [4.69, 9.17) is 9.47 Å². The average Bonchev–Trinajstić information content (AvgIpc) is 3.32. The Morgan fingerprint density at radius 2 is 1.81 bits per heavy atom. The van der Waals surface area contributed by atoms with E-state index in [-0.39, 0.29) is 23.5 Å². The third-order valence-corrected chi connectivity index (χ3v) is 7.19. The van der Waals surface area contributed by atoms with Crippen LogP contribution in [0, 0.1) is 5.92 Å². The van der Waals surface area contributed by atoms with E-state index in [9.17, 15) is 9.59 Å². The Kier molecular flexibility index (Phi) is 10.5. The second kappa shape index (κ2) is 13.6. The summed E-state index contributed by atoms with van der Waals surface area (Å²) in [4.78, 5) is 26.8. The number of anilines is 3. The number of carbonyl (C=O) groups excluding carboxylic acids is 2. The molecule has 3 rings (SSSR count). The molecule has 1 aliphatic carbocycles.